The zero-order chi connectivity index (χ0) is 13.2. The normalized spacial score (nSPS) is 23.3. The van der Waals surface area contributed by atoms with Gasteiger partial charge >= 0.3 is 0 Å². The number of aromatic nitrogens is 2. The van der Waals surface area contributed by atoms with Crippen LogP contribution in [-0.2, 0) is 11.2 Å². The molecule has 5 heteroatoms. The van der Waals surface area contributed by atoms with Gasteiger partial charge in [-0.1, -0.05) is 6.92 Å². The summed E-state index contributed by atoms with van der Waals surface area (Å²) >= 11 is 0. The molecule has 0 amide bonds. The Morgan fingerprint density at radius 1 is 1.44 bits per heavy atom. The molecule has 1 unspecified atom stereocenters. The first-order valence-corrected chi connectivity index (χ1v) is 6.53. The predicted octanol–water partition coefficient (Wildman–Crippen LogP) is 1.91. The second-order valence-corrected chi connectivity index (χ2v) is 5.24. The van der Waals surface area contributed by atoms with E-state index < -0.39 is 0 Å². The summed E-state index contributed by atoms with van der Waals surface area (Å²) in [6, 6.07) is 0. The maximum absolute atomic E-state index is 5.95. The van der Waals surface area contributed by atoms with Crippen LogP contribution < -0.4 is 11.1 Å². The zero-order valence-corrected chi connectivity index (χ0v) is 11.4. The minimum atomic E-state index is -0.0466. The summed E-state index contributed by atoms with van der Waals surface area (Å²) in [5, 5.41) is 3.47. The van der Waals surface area contributed by atoms with E-state index in [1.54, 1.807) is 0 Å². The Balaban J connectivity index is 2.25. The Kier molecular flexibility index (Phi) is 3.71. The molecule has 0 bridgehead atoms. The lowest BCUT2D eigenvalue weighted by atomic mass is 10.0. The SMILES string of the molecule is CCCc1nc(N)c(C)c(NC2(C)CCOC2)n1. The predicted molar refractivity (Wildman–Crippen MR) is 72.6 cm³/mol. The summed E-state index contributed by atoms with van der Waals surface area (Å²) in [4.78, 5) is 8.89. The molecule has 1 aromatic heterocycles. The summed E-state index contributed by atoms with van der Waals surface area (Å²) in [6.45, 7) is 7.72. The van der Waals surface area contributed by atoms with Crippen LogP contribution in [0.1, 0.15) is 38.1 Å². The van der Waals surface area contributed by atoms with E-state index in [-0.39, 0.29) is 5.54 Å². The van der Waals surface area contributed by atoms with Crippen molar-refractivity contribution < 1.29 is 4.74 Å². The highest BCUT2D eigenvalue weighted by molar-refractivity contribution is 5.56. The smallest absolute Gasteiger partial charge is 0.135 e. The number of anilines is 2. The summed E-state index contributed by atoms with van der Waals surface area (Å²) in [7, 11) is 0. The van der Waals surface area contributed by atoms with Crippen molar-refractivity contribution in [3.8, 4) is 0 Å². The van der Waals surface area contributed by atoms with Gasteiger partial charge in [-0.2, -0.15) is 0 Å². The Bertz CT molecular complexity index is 427. The number of hydrogen-bond donors (Lipinski definition) is 2. The van der Waals surface area contributed by atoms with Gasteiger partial charge in [-0.25, -0.2) is 9.97 Å². The Morgan fingerprint density at radius 3 is 2.83 bits per heavy atom. The van der Waals surface area contributed by atoms with Crippen LogP contribution in [-0.4, -0.2) is 28.7 Å². The van der Waals surface area contributed by atoms with E-state index in [1.807, 2.05) is 6.92 Å². The van der Waals surface area contributed by atoms with E-state index in [4.69, 9.17) is 10.5 Å². The van der Waals surface area contributed by atoms with Gasteiger partial charge in [0.1, 0.15) is 17.5 Å². The largest absolute Gasteiger partial charge is 0.383 e. The molecule has 1 aliphatic heterocycles. The van der Waals surface area contributed by atoms with Gasteiger partial charge in [0.05, 0.1) is 12.1 Å². The molecule has 0 saturated carbocycles. The molecule has 100 valence electrons. The highest BCUT2D eigenvalue weighted by Gasteiger charge is 2.30. The van der Waals surface area contributed by atoms with Crippen molar-refractivity contribution in [1.29, 1.82) is 0 Å². The Labute approximate surface area is 108 Å². The van der Waals surface area contributed by atoms with Gasteiger partial charge in [0, 0.05) is 18.6 Å². The summed E-state index contributed by atoms with van der Waals surface area (Å²) < 4.78 is 5.44. The Morgan fingerprint density at radius 2 is 2.22 bits per heavy atom. The maximum Gasteiger partial charge on any atom is 0.135 e. The van der Waals surface area contributed by atoms with Gasteiger partial charge in [-0.05, 0) is 26.7 Å². The van der Waals surface area contributed by atoms with Crippen LogP contribution >= 0.6 is 0 Å². The minimum Gasteiger partial charge on any atom is -0.383 e. The molecule has 1 fully saturated rings. The number of nitrogens with one attached hydrogen (secondary N) is 1. The fourth-order valence-electron chi connectivity index (χ4n) is 2.09. The van der Waals surface area contributed by atoms with Crippen LogP contribution in [0.2, 0.25) is 0 Å². The fourth-order valence-corrected chi connectivity index (χ4v) is 2.09. The van der Waals surface area contributed by atoms with Crippen molar-refractivity contribution in [3.05, 3.63) is 11.4 Å². The molecule has 0 aliphatic carbocycles. The van der Waals surface area contributed by atoms with Crippen LogP contribution in [0.15, 0.2) is 0 Å². The number of ether oxygens (including phenoxy) is 1. The third kappa shape index (κ3) is 2.72. The molecule has 5 nitrogen and oxygen atoms in total. The topological polar surface area (TPSA) is 73.1 Å². The highest BCUT2D eigenvalue weighted by atomic mass is 16.5. The van der Waals surface area contributed by atoms with E-state index in [0.717, 1.165) is 43.1 Å². The van der Waals surface area contributed by atoms with Crippen molar-refractivity contribution >= 4 is 11.6 Å². The number of nitrogen functional groups attached to an aromatic ring is 1. The van der Waals surface area contributed by atoms with Gasteiger partial charge in [0.25, 0.3) is 0 Å². The van der Waals surface area contributed by atoms with Crippen molar-refractivity contribution in [2.75, 3.05) is 24.3 Å². The van der Waals surface area contributed by atoms with Crippen LogP contribution in [0.25, 0.3) is 0 Å². The van der Waals surface area contributed by atoms with Crippen molar-refractivity contribution in [2.45, 2.75) is 45.6 Å². The molecule has 1 aliphatic rings. The molecule has 1 saturated heterocycles. The molecule has 0 aromatic carbocycles. The van der Waals surface area contributed by atoms with E-state index in [1.165, 1.54) is 0 Å². The van der Waals surface area contributed by atoms with Gasteiger partial charge in [-0.15, -0.1) is 0 Å². The van der Waals surface area contributed by atoms with Gasteiger partial charge in [0.2, 0.25) is 0 Å². The van der Waals surface area contributed by atoms with Crippen LogP contribution in [0.5, 0.6) is 0 Å². The molecule has 1 aromatic rings. The molecule has 0 radical (unpaired) electrons. The van der Waals surface area contributed by atoms with Crippen molar-refractivity contribution in [2.24, 2.45) is 0 Å². The number of rotatable bonds is 4. The number of nitrogens with two attached hydrogens (primary N) is 1. The average molecular weight is 250 g/mol. The van der Waals surface area contributed by atoms with Gasteiger partial charge in [-0.3, -0.25) is 0 Å². The van der Waals surface area contributed by atoms with E-state index >= 15 is 0 Å². The monoisotopic (exact) mass is 250 g/mol. The van der Waals surface area contributed by atoms with Gasteiger partial charge < -0.3 is 15.8 Å². The first-order chi connectivity index (χ1) is 8.54. The first kappa shape index (κ1) is 13.1. The van der Waals surface area contributed by atoms with Crippen molar-refractivity contribution in [1.82, 2.24) is 9.97 Å². The lowest BCUT2D eigenvalue weighted by molar-refractivity contribution is 0.185. The molecular weight excluding hydrogens is 228 g/mol. The molecule has 2 rings (SSSR count). The highest BCUT2D eigenvalue weighted by Crippen LogP contribution is 2.26. The third-order valence-corrected chi connectivity index (χ3v) is 3.34. The molecule has 3 N–H and O–H groups in total. The second-order valence-electron chi connectivity index (χ2n) is 5.24. The molecule has 0 spiro atoms. The quantitative estimate of drug-likeness (QED) is 0.854. The maximum atomic E-state index is 5.95. The average Bonchev–Trinajstić information content (AvgIpc) is 2.73. The van der Waals surface area contributed by atoms with Crippen molar-refractivity contribution in [3.63, 3.8) is 0 Å². The molecular formula is C13H22N4O. The summed E-state index contributed by atoms with van der Waals surface area (Å²) in [6.07, 6.45) is 2.86. The summed E-state index contributed by atoms with van der Waals surface area (Å²) in [5.41, 5.74) is 6.82. The second kappa shape index (κ2) is 5.10. The number of nitrogens with zero attached hydrogens (tertiary/aromatic N) is 2. The van der Waals surface area contributed by atoms with Crippen LogP contribution in [0, 0.1) is 6.92 Å². The number of aryl methyl sites for hydroxylation is 1. The first-order valence-electron chi connectivity index (χ1n) is 6.53. The summed E-state index contributed by atoms with van der Waals surface area (Å²) in [5.74, 6) is 2.23. The molecule has 2 heterocycles. The van der Waals surface area contributed by atoms with Gasteiger partial charge in [0.15, 0.2) is 0 Å². The standard InChI is InChI=1S/C13H22N4O/c1-4-5-10-15-11(14)9(2)12(16-10)17-13(3)6-7-18-8-13/h4-8H2,1-3H3,(H3,14,15,16,17). The third-order valence-electron chi connectivity index (χ3n) is 3.34. The number of hydrogen-bond acceptors (Lipinski definition) is 5. The van der Waals surface area contributed by atoms with E-state index in [9.17, 15) is 0 Å². The molecule has 18 heavy (non-hydrogen) atoms. The molecule has 1 atom stereocenters. The van der Waals surface area contributed by atoms with E-state index in [0.29, 0.717) is 12.4 Å². The lowest BCUT2D eigenvalue weighted by Crippen LogP contribution is -2.36. The van der Waals surface area contributed by atoms with E-state index in [2.05, 4.69) is 29.1 Å². The van der Waals surface area contributed by atoms with Crippen LogP contribution in [0.3, 0.4) is 0 Å². The lowest BCUT2D eigenvalue weighted by Gasteiger charge is -2.25. The fraction of sp³-hybridized carbons (Fsp3) is 0.692. The Hall–Kier alpha value is -1.36. The minimum absolute atomic E-state index is 0.0466. The van der Waals surface area contributed by atoms with Crippen LogP contribution in [0.4, 0.5) is 11.6 Å². The zero-order valence-electron chi connectivity index (χ0n) is 11.4.